The Bertz CT molecular complexity index is 708. The van der Waals surface area contributed by atoms with Crippen LogP contribution in [-0.2, 0) is 21.9 Å². The Morgan fingerprint density at radius 1 is 1.43 bits per heavy atom. The van der Waals surface area contributed by atoms with Crippen molar-refractivity contribution in [2.24, 2.45) is 18.2 Å². The molecule has 1 aromatic heterocycles. The van der Waals surface area contributed by atoms with Gasteiger partial charge in [0.1, 0.15) is 10.6 Å². The molecule has 1 amide bonds. The van der Waals surface area contributed by atoms with Gasteiger partial charge < -0.3 is 15.4 Å². The van der Waals surface area contributed by atoms with Gasteiger partial charge in [-0.15, -0.1) is 0 Å². The third-order valence-corrected chi connectivity index (χ3v) is 5.68. The fraction of sp³-hybridized carbons (Fsp3) is 0.500. The van der Waals surface area contributed by atoms with Crippen LogP contribution in [0.5, 0.6) is 0 Å². The summed E-state index contributed by atoms with van der Waals surface area (Å²) < 4.78 is 27.4. The molecule has 1 atom stereocenters. The number of carbonyl (C=O) groups is 2. The quantitative estimate of drug-likeness (QED) is 0.783. The fourth-order valence-electron chi connectivity index (χ4n) is 2.36. The van der Waals surface area contributed by atoms with Crippen LogP contribution in [0.3, 0.4) is 0 Å². The van der Waals surface area contributed by atoms with E-state index in [1.165, 1.54) is 22.1 Å². The van der Waals surface area contributed by atoms with Crippen molar-refractivity contribution in [1.82, 2.24) is 8.87 Å². The number of amides is 1. The van der Waals surface area contributed by atoms with E-state index in [2.05, 4.69) is 0 Å². The molecular weight excluding hydrogens is 298 g/mol. The number of rotatable bonds is 4. The van der Waals surface area contributed by atoms with Gasteiger partial charge in [0.05, 0.1) is 5.41 Å². The van der Waals surface area contributed by atoms with Crippen LogP contribution in [0, 0.1) is 5.41 Å². The van der Waals surface area contributed by atoms with Crippen LogP contribution >= 0.6 is 0 Å². The lowest BCUT2D eigenvalue weighted by Crippen LogP contribution is -2.38. The summed E-state index contributed by atoms with van der Waals surface area (Å²) >= 11 is 0. The van der Waals surface area contributed by atoms with Gasteiger partial charge in [-0.25, -0.2) is 13.2 Å². The zero-order valence-corrected chi connectivity index (χ0v) is 12.6. The van der Waals surface area contributed by atoms with Crippen molar-refractivity contribution in [2.45, 2.75) is 18.2 Å². The van der Waals surface area contributed by atoms with Gasteiger partial charge in [-0.3, -0.25) is 4.79 Å². The molecule has 2 rings (SSSR count). The zero-order chi connectivity index (χ0) is 16.0. The molecule has 116 valence electrons. The third-order valence-electron chi connectivity index (χ3n) is 3.87. The first-order valence-electron chi connectivity index (χ1n) is 6.28. The van der Waals surface area contributed by atoms with E-state index in [0.717, 1.165) is 6.07 Å². The Morgan fingerprint density at radius 3 is 2.48 bits per heavy atom. The lowest BCUT2D eigenvalue weighted by Gasteiger charge is -2.20. The Hall–Kier alpha value is -1.87. The molecule has 0 aliphatic carbocycles. The molecule has 0 radical (unpaired) electrons. The van der Waals surface area contributed by atoms with Gasteiger partial charge in [0.2, 0.25) is 15.9 Å². The van der Waals surface area contributed by atoms with Crippen molar-refractivity contribution >= 4 is 21.9 Å². The van der Waals surface area contributed by atoms with Crippen LogP contribution in [0.15, 0.2) is 17.2 Å². The normalized spacial score (nSPS) is 23.3. The Morgan fingerprint density at radius 2 is 2.05 bits per heavy atom. The molecule has 9 heteroatoms. The number of aryl methyl sites for hydroxylation is 1. The SMILES string of the molecule is Cn1cc(S(=O)(=O)N2CCC(C)(C(N)=O)C2)cc1C(=O)O. The summed E-state index contributed by atoms with van der Waals surface area (Å²) in [6.07, 6.45) is 1.60. The van der Waals surface area contributed by atoms with Gasteiger partial charge in [0.15, 0.2) is 0 Å². The molecule has 0 saturated carbocycles. The molecule has 3 N–H and O–H groups in total. The molecule has 21 heavy (non-hydrogen) atoms. The monoisotopic (exact) mass is 315 g/mol. The predicted molar refractivity (Wildman–Crippen MR) is 73.0 cm³/mol. The van der Waals surface area contributed by atoms with E-state index in [4.69, 9.17) is 10.8 Å². The van der Waals surface area contributed by atoms with E-state index in [1.807, 2.05) is 0 Å². The van der Waals surface area contributed by atoms with Gasteiger partial charge in [-0.1, -0.05) is 0 Å². The minimum Gasteiger partial charge on any atom is -0.477 e. The predicted octanol–water partition coefficient (Wildman–Crippen LogP) is -0.391. The number of carboxylic acids is 1. The van der Waals surface area contributed by atoms with Crippen molar-refractivity contribution in [2.75, 3.05) is 13.1 Å². The highest BCUT2D eigenvalue weighted by atomic mass is 32.2. The molecule has 1 unspecified atom stereocenters. The number of aromatic nitrogens is 1. The van der Waals surface area contributed by atoms with E-state index in [-0.39, 0.29) is 23.7 Å². The highest BCUT2D eigenvalue weighted by molar-refractivity contribution is 7.89. The lowest BCUT2D eigenvalue weighted by molar-refractivity contribution is -0.126. The van der Waals surface area contributed by atoms with E-state index < -0.39 is 27.3 Å². The van der Waals surface area contributed by atoms with Crippen LogP contribution in [-0.4, -0.2) is 47.4 Å². The van der Waals surface area contributed by atoms with E-state index in [0.29, 0.717) is 6.42 Å². The van der Waals surface area contributed by atoms with Gasteiger partial charge >= 0.3 is 5.97 Å². The molecule has 1 aliphatic heterocycles. The number of carbonyl (C=O) groups excluding carboxylic acids is 1. The minimum absolute atomic E-state index is 0.00195. The molecule has 8 nitrogen and oxygen atoms in total. The zero-order valence-electron chi connectivity index (χ0n) is 11.7. The number of hydrogen-bond acceptors (Lipinski definition) is 4. The van der Waals surface area contributed by atoms with Gasteiger partial charge in [-0.2, -0.15) is 4.31 Å². The number of nitrogens with zero attached hydrogens (tertiary/aromatic N) is 2. The number of primary amides is 1. The number of sulfonamides is 1. The Balaban J connectivity index is 2.34. The smallest absolute Gasteiger partial charge is 0.352 e. The molecule has 1 aromatic rings. The molecule has 0 bridgehead atoms. The minimum atomic E-state index is -3.84. The van der Waals surface area contributed by atoms with Crippen molar-refractivity contribution in [1.29, 1.82) is 0 Å². The largest absolute Gasteiger partial charge is 0.477 e. The molecule has 2 heterocycles. The molecule has 1 fully saturated rings. The Kier molecular flexibility index (Phi) is 3.58. The van der Waals surface area contributed by atoms with E-state index >= 15 is 0 Å². The van der Waals surface area contributed by atoms with Gasteiger partial charge in [0.25, 0.3) is 0 Å². The maximum Gasteiger partial charge on any atom is 0.352 e. The number of nitrogens with two attached hydrogens (primary N) is 1. The average Bonchev–Trinajstić information content (AvgIpc) is 2.94. The van der Waals surface area contributed by atoms with Crippen LogP contribution in [0.4, 0.5) is 0 Å². The number of carboxylic acid groups (broad SMARTS) is 1. The van der Waals surface area contributed by atoms with Crippen molar-refractivity contribution in [3.05, 3.63) is 18.0 Å². The second-order valence-corrected chi connectivity index (χ2v) is 7.43. The molecule has 1 aliphatic rings. The summed E-state index contributed by atoms with van der Waals surface area (Å²) in [6, 6.07) is 1.11. The van der Waals surface area contributed by atoms with Gasteiger partial charge in [-0.05, 0) is 19.4 Å². The third kappa shape index (κ3) is 2.54. The summed E-state index contributed by atoms with van der Waals surface area (Å²) in [7, 11) is -2.38. The van der Waals surface area contributed by atoms with E-state index in [1.54, 1.807) is 6.92 Å². The summed E-state index contributed by atoms with van der Waals surface area (Å²) in [4.78, 5) is 22.3. The maximum atomic E-state index is 12.5. The highest BCUT2D eigenvalue weighted by Crippen LogP contribution is 2.33. The molecule has 0 aromatic carbocycles. The van der Waals surface area contributed by atoms with Crippen LogP contribution in [0.2, 0.25) is 0 Å². The second kappa shape index (κ2) is 4.85. The first-order valence-corrected chi connectivity index (χ1v) is 7.72. The average molecular weight is 315 g/mol. The fourth-order valence-corrected chi connectivity index (χ4v) is 4.00. The summed E-state index contributed by atoms with van der Waals surface area (Å²) in [5, 5.41) is 8.98. The molecular formula is C12H17N3O5S. The standard InChI is InChI=1S/C12H17N3O5S/c1-12(11(13)18)3-4-15(7-12)21(19,20)8-5-9(10(16)17)14(2)6-8/h5-6H,3-4,7H2,1-2H3,(H2,13,18)(H,16,17). The van der Waals surface area contributed by atoms with Crippen LogP contribution in [0.1, 0.15) is 23.8 Å². The first kappa shape index (κ1) is 15.5. The summed E-state index contributed by atoms with van der Waals surface area (Å²) in [5.41, 5.74) is 4.29. The summed E-state index contributed by atoms with van der Waals surface area (Å²) in [6.45, 7) is 1.81. The lowest BCUT2D eigenvalue weighted by atomic mass is 9.89. The summed E-state index contributed by atoms with van der Waals surface area (Å²) in [5.74, 6) is -1.75. The second-order valence-electron chi connectivity index (χ2n) is 5.49. The van der Waals surface area contributed by atoms with Crippen molar-refractivity contribution in [3.8, 4) is 0 Å². The maximum absolute atomic E-state index is 12.5. The van der Waals surface area contributed by atoms with Gasteiger partial charge in [0, 0.05) is 26.3 Å². The van der Waals surface area contributed by atoms with Crippen molar-refractivity contribution in [3.63, 3.8) is 0 Å². The number of aromatic carboxylic acids is 1. The highest BCUT2D eigenvalue weighted by Gasteiger charge is 2.44. The topological polar surface area (TPSA) is 123 Å². The Labute approximate surface area is 122 Å². The van der Waals surface area contributed by atoms with Crippen LogP contribution in [0.25, 0.3) is 0 Å². The molecule has 0 spiro atoms. The van der Waals surface area contributed by atoms with Crippen LogP contribution < -0.4 is 5.73 Å². The van der Waals surface area contributed by atoms with Crippen molar-refractivity contribution < 1.29 is 23.1 Å². The van der Waals surface area contributed by atoms with E-state index in [9.17, 15) is 18.0 Å². The molecule has 1 saturated heterocycles. The number of hydrogen-bond donors (Lipinski definition) is 2. The first-order chi connectivity index (χ1) is 9.58.